The molecule has 0 aliphatic rings. The number of halogens is 1. The van der Waals surface area contributed by atoms with E-state index in [0.717, 1.165) is 27.7 Å². The predicted molar refractivity (Wildman–Crippen MR) is 84.0 cm³/mol. The van der Waals surface area contributed by atoms with Gasteiger partial charge in [-0.1, -0.05) is 18.2 Å². The van der Waals surface area contributed by atoms with Crippen molar-refractivity contribution >= 4 is 16.9 Å². The Labute approximate surface area is 122 Å². The van der Waals surface area contributed by atoms with Gasteiger partial charge in [0, 0.05) is 12.4 Å². The normalized spacial score (nSPS) is 10.9. The first-order chi connectivity index (χ1) is 10.1. The van der Waals surface area contributed by atoms with Crippen molar-refractivity contribution < 1.29 is 4.39 Å². The van der Waals surface area contributed by atoms with Gasteiger partial charge in [0.05, 0.1) is 11.2 Å². The summed E-state index contributed by atoms with van der Waals surface area (Å²) in [5, 5.41) is 3.93. The number of hydrogen-bond donors (Lipinski definition) is 1. The van der Waals surface area contributed by atoms with Gasteiger partial charge in [-0.05, 0) is 48.7 Å². The molecule has 3 nitrogen and oxygen atoms in total. The van der Waals surface area contributed by atoms with E-state index in [1.807, 2.05) is 31.2 Å². The van der Waals surface area contributed by atoms with Gasteiger partial charge < -0.3 is 5.32 Å². The van der Waals surface area contributed by atoms with Crippen molar-refractivity contribution in [2.24, 2.45) is 0 Å². The first-order valence-corrected chi connectivity index (χ1v) is 6.81. The van der Waals surface area contributed by atoms with Crippen LogP contribution in [0.2, 0.25) is 0 Å². The summed E-state index contributed by atoms with van der Waals surface area (Å²) in [6.07, 6.45) is 0. The number of aromatic nitrogens is 2. The Balaban J connectivity index is 2.16. The molecule has 106 valence electrons. The third-order valence-corrected chi connectivity index (χ3v) is 3.62. The lowest BCUT2D eigenvalue weighted by atomic mass is 10.0. The molecule has 0 radical (unpaired) electrons. The van der Waals surface area contributed by atoms with Gasteiger partial charge in [0.25, 0.3) is 0 Å². The molecule has 2 aromatic carbocycles. The fourth-order valence-electron chi connectivity index (χ4n) is 2.35. The van der Waals surface area contributed by atoms with Gasteiger partial charge in [0.1, 0.15) is 5.82 Å². The highest BCUT2D eigenvalue weighted by Crippen LogP contribution is 2.26. The van der Waals surface area contributed by atoms with Crippen molar-refractivity contribution in [3.63, 3.8) is 0 Å². The minimum atomic E-state index is -0.189. The fraction of sp³-hybridized carbons (Fsp3) is 0.176. The van der Waals surface area contributed by atoms with E-state index >= 15 is 0 Å². The van der Waals surface area contributed by atoms with Crippen LogP contribution in [-0.2, 0) is 0 Å². The van der Waals surface area contributed by atoms with E-state index in [1.54, 1.807) is 26.1 Å². The van der Waals surface area contributed by atoms with Crippen LogP contribution < -0.4 is 5.32 Å². The molecule has 0 unspecified atom stereocenters. The molecule has 21 heavy (non-hydrogen) atoms. The molecule has 1 aromatic heterocycles. The minimum absolute atomic E-state index is 0.189. The van der Waals surface area contributed by atoms with Crippen molar-refractivity contribution in [2.75, 3.05) is 12.4 Å². The summed E-state index contributed by atoms with van der Waals surface area (Å²) in [7, 11) is 1.80. The van der Waals surface area contributed by atoms with Gasteiger partial charge in [-0.25, -0.2) is 14.4 Å². The van der Waals surface area contributed by atoms with Crippen molar-refractivity contribution in [1.29, 1.82) is 0 Å². The number of rotatable bonds is 2. The van der Waals surface area contributed by atoms with Crippen molar-refractivity contribution in [3.8, 4) is 11.1 Å². The number of anilines is 1. The summed E-state index contributed by atoms with van der Waals surface area (Å²) in [5.41, 5.74) is 4.25. The monoisotopic (exact) mass is 281 g/mol. The van der Waals surface area contributed by atoms with Crippen LogP contribution in [0, 0.1) is 19.7 Å². The first kappa shape index (κ1) is 13.5. The molecule has 0 spiro atoms. The highest BCUT2D eigenvalue weighted by atomic mass is 19.1. The topological polar surface area (TPSA) is 37.8 Å². The van der Waals surface area contributed by atoms with Gasteiger partial charge in [-0.15, -0.1) is 0 Å². The van der Waals surface area contributed by atoms with E-state index in [4.69, 9.17) is 0 Å². The second kappa shape index (κ2) is 5.13. The molecule has 0 saturated heterocycles. The smallest absolute Gasteiger partial charge is 0.223 e. The standard InChI is InChI=1S/C17H16FN3/c1-10-4-5-13(9-15(10)18)12-6-7-16-14(8-12)11(2)20-17(19-3)21-16/h4-9H,1-3H3,(H,19,20,21). The van der Waals surface area contributed by atoms with E-state index in [1.165, 1.54) is 0 Å². The zero-order valence-corrected chi connectivity index (χ0v) is 12.2. The van der Waals surface area contributed by atoms with Crippen molar-refractivity contribution in [3.05, 3.63) is 53.5 Å². The molecular weight excluding hydrogens is 265 g/mol. The Bertz CT molecular complexity index is 828. The highest BCUT2D eigenvalue weighted by Gasteiger charge is 2.07. The second-order valence-electron chi connectivity index (χ2n) is 5.08. The van der Waals surface area contributed by atoms with Gasteiger partial charge in [0.2, 0.25) is 5.95 Å². The van der Waals surface area contributed by atoms with Gasteiger partial charge >= 0.3 is 0 Å². The lowest BCUT2D eigenvalue weighted by Crippen LogP contribution is -1.98. The summed E-state index contributed by atoms with van der Waals surface area (Å²) in [4.78, 5) is 8.81. The van der Waals surface area contributed by atoms with Crippen LogP contribution in [0.25, 0.3) is 22.0 Å². The molecule has 0 aliphatic carbocycles. The first-order valence-electron chi connectivity index (χ1n) is 6.81. The van der Waals surface area contributed by atoms with Crippen LogP contribution in [0.4, 0.5) is 10.3 Å². The van der Waals surface area contributed by atoms with Crippen molar-refractivity contribution in [2.45, 2.75) is 13.8 Å². The largest absolute Gasteiger partial charge is 0.357 e. The van der Waals surface area contributed by atoms with Crippen LogP contribution >= 0.6 is 0 Å². The van der Waals surface area contributed by atoms with Crippen LogP contribution in [-0.4, -0.2) is 17.0 Å². The van der Waals surface area contributed by atoms with E-state index in [-0.39, 0.29) is 5.82 Å². The predicted octanol–water partition coefficient (Wildman–Crippen LogP) is 4.09. The third-order valence-electron chi connectivity index (χ3n) is 3.62. The Kier molecular flexibility index (Phi) is 3.29. The number of hydrogen-bond acceptors (Lipinski definition) is 3. The molecule has 0 saturated carbocycles. The zero-order valence-electron chi connectivity index (χ0n) is 12.2. The molecule has 1 N–H and O–H groups in total. The van der Waals surface area contributed by atoms with Crippen LogP contribution in [0.5, 0.6) is 0 Å². The Hall–Kier alpha value is -2.49. The lowest BCUT2D eigenvalue weighted by Gasteiger charge is -2.08. The van der Waals surface area contributed by atoms with Crippen molar-refractivity contribution in [1.82, 2.24) is 9.97 Å². The SMILES string of the molecule is CNc1nc(C)c2cc(-c3ccc(C)c(F)c3)ccc2n1. The molecule has 3 rings (SSSR count). The molecule has 4 heteroatoms. The number of aryl methyl sites for hydroxylation is 2. The molecular formula is C17H16FN3. The summed E-state index contributed by atoms with van der Waals surface area (Å²) < 4.78 is 13.7. The zero-order chi connectivity index (χ0) is 15.0. The Morgan fingerprint density at radius 1 is 0.952 bits per heavy atom. The fourth-order valence-corrected chi connectivity index (χ4v) is 2.35. The van der Waals surface area contributed by atoms with E-state index < -0.39 is 0 Å². The average molecular weight is 281 g/mol. The van der Waals surface area contributed by atoms with E-state index in [0.29, 0.717) is 11.5 Å². The summed E-state index contributed by atoms with van der Waals surface area (Å²) in [6.45, 7) is 3.71. The third kappa shape index (κ3) is 2.44. The van der Waals surface area contributed by atoms with Gasteiger partial charge in [-0.2, -0.15) is 0 Å². The number of benzene rings is 2. The van der Waals surface area contributed by atoms with Crippen LogP contribution in [0.3, 0.4) is 0 Å². The van der Waals surface area contributed by atoms with E-state index in [2.05, 4.69) is 15.3 Å². The molecule has 0 amide bonds. The number of nitrogens with zero attached hydrogens (tertiary/aromatic N) is 2. The molecule has 0 aliphatic heterocycles. The van der Waals surface area contributed by atoms with E-state index in [9.17, 15) is 4.39 Å². The quantitative estimate of drug-likeness (QED) is 0.768. The molecule has 3 aromatic rings. The lowest BCUT2D eigenvalue weighted by molar-refractivity contribution is 0.619. The second-order valence-corrected chi connectivity index (χ2v) is 5.08. The van der Waals surface area contributed by atoms with Gasteiger partial charge in [0.15, 0.2) is 0 Å². The Morgan fingerprint density at radius 3 is 2.38 bits per heavy atom. The molecule has 1 heterocycles. The number of fused-ring (bicyclic) bond motifs is 1. The minimum Gasteiger partial charge on any atom is -0.357 e. The Morgan fingerprint density at radius 2 is 1.67 bits per heavy atom. The maximum atomic E-state index is 13.7. The molecule has 0 atom stereocenters. The summed E-state index contributed by atoms with van der Waals surface area (Å²) in [6, 6.07) is 11.2. The summed E-state index contributed by atoms with van der Waals surface area (Å²) >= 11 is 0. The highest BCUT2D eigenvalue weighted by molar-refractivity contribution is 5.87. The maximum absolute atomic E-state index is 13.7. The summed E-state index contributed by atoms with van der Waals surface area (Å²) in [5.74, 6) is 0.417. The maximum Gasteiger partial charge on any atom is 0.223 e. The average Bonchev–Trinajstić information content (AvgIpc) is 2.49. The van der Waals surface area contributed by atoms with Crippen LogP contribution in [0.15, 0.2) is 36.4 Å². The van der Waals surface area contributed by atoms with Crippen LogP contribution in [0.1, 0.15) is 11.3 Å². The molecule has 0 fully saturated rings. The molecule has 0 bridgehead atoms. The van der Waals surface area contributed by atoms with Gasteiger partial charge in [-0.3, -0.25) is 0 Å². The number of nitrogens with one attached hydrogen (secondary N) is 1.